The maximum absolute atomic E-state index is 12.4. The van der Waals surface area contributed by atoms with Crippen molar-refractivity contribution in [2.24, 2.45) is 12.0 Å². The number of hydroxylamine groups is 1. The number of aliphatic imine (C=N–C) groups is 1. The summed E-state index contributed by atoms with van der Waals surface area (Å²) in [5.41, 5.74) is 5.35. The van der Waals surface area contributed by atoms with Crippen molar-refractivity contribution < 1.29 is 20.6 Å². The fourth-order valence-electron chi connectivity index (χ4n) is 3.72. The molecule has 1 aromatic heterocycles. The number of nitrogens with one attached hydrogen (secondary N) is 2. The highest BCUT2D eigenvalue weighted by atomic mass is 16.7. The van der Waals surface area contributed by atoms with Crippen molar-refractivity contribution in [3.63, 3.8) is 0 Å². The first-order valence-electron chi connectivity index (χ1n) is 9.67. The summed E-state index contributed by atoms with van der Waals surface area (Å²) in [6, 6.07) is 8.72. The van der Waals surface area contributed by atoms with Crippen LogP contribution in [0.5, 0.6) is 0 Å². The molecule has 160 valence electrons. The van der Waals surface area contributed by atoms with Crippen molar-refractivity contribution in [2.45, 2.75) is 31.7 Å². The molecule has 2 aromatic rings. The van der Waals surface area contributed by atoms with Crippen LogP contribution in [0.4, 0.5) is 4.79 Å². The Bertz CT molecular complexity index is 979. The van der Waals surface area contributed by atoms with E-state index in [0.717, 1.165) is 16.8 Å². The molecule has 0 radical (unpaired) electrons. The van der Waals surface area contributed by atoms with E-state index in [-0.39, 0.29) is 13.5 Å². The fraction of sp³-hybridized carbons (Fsp3) is 0.400. The van der Waals surface area contributed by atoms with E-state index in [1.807, 2.05) is 30.3 Å². The third kappa shape index (κ3) is 3.61. The van der Waals surface area contributed by atoms with Gasteiger partial charge in [0.1, 0.15) is 6.04 Å². The number of urea groups is 1. The highest BCUT2D eigenvalue weighted by Gasteiger charge is 2.46. The van der Waals surface area contributed by atoms with Crippen LogP contribution in [0.3, 0.4) is 0 Å². The zero-order valence-electron chi connectivity index (χ0n) is 17.0. The Morgan fingerprint density at radius 2 is 2.20 bits per heavy atom. The third-order valence-electron chi connectivity index (χ3n) is 5.33. The first-order valence-corrected chi connectivity index (χ1v) is 9.67. The van der Waals surface area contributed by atoms with Gasteiger partial charge in [-0.05, 0) is 12.5 Å². The van der Waals surface area contributed by atoms with Gasteiger partial charge >= 0.3 is 12.0 Å². The van der Waals surface area contributed by atoms with Gasteiger partial charge in [0.05, 0.1) is 24.5 Å². The number of amidine groups is 1. The highest BCUT2D eigenvalue weighted by Crippen LogP contribution is 2.38. The third-order valence-corrected chi connectivity index (χ3v) is 5.33. The van der Waals surface area contributed by atoms with E-state index in [4.69, 9.17) is 9.57 Å². The quantitative estimate of drug-likeness (QED) is 0.436. The Labute approximate surface area is 175 Å². The minimum absolute atomic E-state index is 0. The van der Waals surface area contributed by atoms with Crippen LogP contribution in [0, 0.1) is 0 Å². The summed E-state index contributed by atoms with van der Waals surface area (Å²) in [6.07, 6.45) is 0.961. The van der Waals surface area contributed by atoms with E-state index >= 15 is 0 Å². The largest absolute Gasteiger partial charge is 0.362 e. The number of carbonyl (C=O) groups is 2. The smallest absolute Gasteiger partial charge is 0.360 e. The van der Waals surface area contributed by atoms with Gasteiger partial charge in [0, 0.05) is 27.6 Å². The van der Waals surface area contributed by atoms with Crippen molar-refractivity contribution in [3.05, 3.63) is 53.3 Å². The monoisotopic (exact) mass is 414 g/mol. The average molecular weight is 414 g/mol. The fourth-order valence-corrected chi connectivity index (χ4v) is 3.72. The number of ether oxygens (including phenoxy) is 1. The number of aryl methyl sites for hydroxylation is 1. The summed E-state index contributed by atoms with van der Waals surface area (Å²) < 4.78 is 7.30. The lowest BCUT2D eigenvalue weighted by atomic mass is 9.97. The number of fused-ring (bicyclic) bond motifs is 4. The molecule has 4 rings (SSSR count). The van der Waals surface area contributed by atoms with Crippen molar-refractivity contribution in [3.8, 4) is 0 Å². The topological polar surface area (TPSA) is 110 Å². The van der Waals surface area contributed by atoms with Crippen LogP contribution in [0.1, 0.15) is 37.3 Å². The van der Waals surface area contributed by atoms with Crippen LogP contribution < -0.4 is 10.8 Å². The van der Waals surface area contributed by atoms with E-state index in [9.17, 15) is 9.59 Å². The normalized spacial score (nSPS) is 21.1. The van der Waals surface area contributed by atoms with Gasteiger partial charge in [0.25, 0.3) is 0 Å². The lowest BCUT2D eigenvalue weighted by molar-refractivity contribution is -0.161. The SMILES string of the molecule is CN=C(NOC(=O)C(C)OCc1ccccc1)[C@@H]1c2c(cnn2C)[C@@H]2CN1C(=O)N2.[HH]. The molecule has 1 unspecified atom stereocenters. The number of rotatable bonds is 5. The zero-order chi connectivity index (χ0) is 21.3. The van der Waals surface area contributed by atoms with Gasteiger partial charge in [-0.1, -0.05) is 30.3 Å². The predicted octanol–water partition coefficient (Wildman–Crippen LogP) is 1.47. The Morgan fingerprint density at radius 3 is 2.93 bits per heavy atom. The minimum atomic E-state index is -0.783. The van der Waals surface area contributed by atoms with Crippen molar-refractivity contribution in [2.75, 3.05) is 13.6 Å². The molecule has 0 saturated carbocycles. The summed E-state index contributed by atoms with van der Waals surface area (Å²) in [5.74, 6) is -0.254. The molecule has 1 aromatic carbocycles. The van der Waals surface area contributed by atoms with Crippen LogP contribution in [0.25, 0.3) is 0 Å². The molecule has 0 aliphatic carbocycles. The molecular formula is C20H26N6O4. The molecule has 2 N–H and O–H groups in total. The summed E-state index contributed by atoms with van der Waals surface area (Å²) in [5, 5.41) is 7.25. The molecule has 0 spiro atoms. The minimum Gasteiger partial charge on any atom is -0.362 e. The summed E-state index contributed by atoms with van der Waals surface area (Å²) in [6.45, 7) is 2.41. The van der Waals surface area contributed by atoms with E-state index in [1.54, 1.807) is 36.8 Å². The molecule has 2 bridgehead atoms. The van der Waals surface area contributed by atoms with Gasteiger partial charge in [-0.15, -0.1) is 0 Å². The number of benzene rings is 1. The molecule has 3 atom stereocenters. The number of nitrogens with zero attached hydrogens (tertiary/aromatic N) is 4. The number of carbonyl (C=O) groups excluding carboxylic acids is 2. The number of amides is 2. The lowest BCUT2D eigenvalue weighted by Gasteiger charge is -2.32. The molecule has 10 heteroatoms. The molecule has 30 heavy (non-hydrogen) atoms. The molecule has 2 amide bonds. The maximum Gasteiger partial charge on any atom is 0.360 e. The van der Waals surface area contributed by atoms with Crippen molar-refractivity contribution in [1.82, 2.24) is 25.5 Å². The first-order chi connectivity index (χ1) is 14.5. The molecule has 1 fully saturated rings. The second kappa shape index (κ2) is 8.15. The average Bonchev–Trinajstić information content (AvgIpc) is 3.30. The second-order valence-corrected chi connectivity index (χ2v) is 7.24. The first kappa shape index (κ1) is 19.9. The number of hydrogen-bond donors (Lipinski definition) is 2. The maximum atomic E-state index is 12.4. The van der Waals surface area contributed by atoms with Gasteiger partial charge in [0.15, 0.2) is 11.9 Å². The van der Waals surface area contributed by atoms with Gasteiger partial charge < -0.3 is 19.8 Å². The lowest BCUT2D eigenvalue weighted by Crippen LogP contribution is -2.45. The van der Waals surface area contributed by atoms with Crippen molar-refractivity contribution in [1.29, 1.82) is 0 Å². The van der Waals surface area contributed by atoms with Gasteiger partial charge in [-0.2, -0.15) is 5.10 Å². The highest BCUT2D eigenvalue weighted by molar-refractivity contribution is 5.94. The van der Waals surface area contributed by atoms with E-state index < -0.39 is 18.1 Å². The van der Waals surface area contributed by atoms with Crippen LogP contribution in [0.2, 0.25) is 0 Å². The van der Waals surface area contributed by atoms with Gasteiger partial charge in [-0.3, -0.25) is 9.67 Å². The van der Waals surface area contributed by atoms with E-state index in [1.165, 1.54) is 0 Å². The second-order valence-electron chi connectivity index (χ2n) is 7.24. The predicted molar refractivity (Wildman–Crippen MR) is 109 cm³/mol. The Hall–Kier alpha value is -3.40. The Kier molecular flexibility index (Phi) is 5.40. The standard InChI is InChI=1S/C20H24N6O4.H2/c1-12(29-11-13-7-5-4-6-8-13)19(27)30-24-18(21-2)17-16-14(9-22-25(16)3)15-10-26(17)20(28)23-15;/h4-9,12,15,17H,10-11H2,1-3H3,(H,21,24)(H,23,28);1H/t12?,15-,17-;/m0./s1. The van der Waals surface area contributed by atoms with Crippen LogP contribution in [-0.2, 0) is 28.0 Å². The summed E-state index contributed by atoms with van der Waals surface area (Å²) in [4.78, 5) is 35.9. The van der Waals surface area contributed by atoms with Crippen molar-refractivity contribution >= 4 is 17.8 Å². The van der Waals surface area contributed by atoms with Crippen LogP contribution >= 0.6 is 0 Å². The van der Waals surface area contributed by atoms with Crippen LogP contribution in [0.15, 0.2) is 41.5 Å². The van der Waals surface area contributed by atoms with Gasteiger partial charge in [0.2, 0.25) is 0 Å². The molecule has 1 saturated heterocycles. The number of hydrogen-bond acceptors (Lipinski definition) is 6. The Balaban J connectivity index is 0.00000272. The van der Waals surface area contributed by atoms with Gasteiger partial charge in [-0.25, -0.2) is 15.1 Å². The van der Waals surface area contributed by atoms with Crippen LogP contribution in [-0.4, -0.2) is 52.2 Å². The van der Waals surface area contributed by atoms with E-state index in [0.29, 0.717) is 19.0 Å². The number of aromatic nitrogens is 2. The molecule has 2 aliphatic heterocycles. The summed E-state index contributed by atoms with van der Waals surface area (Å²) in [7, 11) is 3.38. The molecule has 3 heterocycles. The molecular weight excluding hydrogens is 388 g/mol. The summed E-state index contributed by atoms with van der Waals surface area (Å²) >= 11 is 0. The molecule has 2 aliphatic rings. The molecule has 10 nitrogen and oxygen atoms in total. The Morgan fingerprint density at radius 1 is 1.43 bits per heavy atom. The van der Waals surface area contributed by atoms with E-state index in [2.05, 4.69) is 20.9 Å². The zero-order valence-corrected chi connectivity index (χ0v) is 17.0.